The Morgan fingerprint density at radius 2 is 1.10 bits per heavy atom. The second-order valence-electron chi connectivity index (χ2n) is 23.1. The van der Waals surface area contributed by atoms with Crippen LogP contribution in [0.3, 0.4) is 0 Å². The van der Waals surface area contributed by atoms with E-state index in [9.17, 15) is 14.7 Å². The SMILES string of the molecule is CC(C)N(C(C)C)P(OCCC#N)N(C(C)C)C(C)C.CC[C@H]1O[C@@H](n2cnc3c(NC(=O)c4ccccc4)ncnc32)[C@H](O)[C@@H]1C.[C-]#[N+]CCP(O[C@@H]1[C@H](C)[C@@H](CC)O[C@H]1n1cnc2c(NC(=O)c3ccccc3)ncnc21)N(C(C)C)C(C)C. The first-order valence-corrected chi connectivity index (χ1v) is 32.6. The highest BCUT2D eigenvalue weighted by atomic mass is 31.2. The number of hydrogen-bond acceptors (Lipinski definition) is 17. The smallest absolute Gasteiger partial charge is 0.256 e. The van der Waals surface area contributed by atoms with Crippen LogP contribution in [0.2, 0.25) is 0 Å². The molecule has 2 fully saturated rings. The molecule has 0 radical (unpaired) electrons. The molecule has 2 aromatic carbocycles. The molecular weight excluding hydrogens is 1130 g/mol. The fourth-order valence-electron chi connectivity index (χ4n) is 11.1. The Morgan fingerprint density at radius 3 is 1.51 bits per heavy atom. The first-order valence-electron chi connectivity index (χ1n) is 30.1. The summed E-state index contributed by atoms with van der Waals surface area (Å²) in [5, 5.41) is 25.0. The molecule has 22 nitrogen and oxygen atoms in total. The fourth-order valence-corrected chi connectivity index (χ4v) is 15.7. The number of fused-ring (bicyclic) bond motifs is 2. The summed E-state index contributed by atoms with van der Waals surface area (Å²) < 4.78 is 36.5. The number of anilines is 2. The predicted octanol–water partition coefficient (Wildman–Crippen LogP) is 12.5. The van der Waals surface area contributed by atoms with Crippen molar-refractivity contribution in [1.29, 1.82) is 5.26 Å². The summed E-state index contributed by atoms with van der Waals surface area (Å²) in [4.78, 5) is 55.0. The zero-order valence-electron chi connectivity index (χ0n) is 53.0. The predicted molar refractivity (Wildman–Crippen MR) is 340 cm³/mol. The van der Waals surface area contributed by atoms with Crippen molar-refractivity contribution in [3.8, 4) is 6.07 Å². The van der Waals surface area contributed by atoms with Crippen molar-refractivity contribution in [3.63, 3.8) is 0 Å². The van der Waals surface area contributed by atoms with Crippen LogP contribution in [0, 0.1) is 29.7 Å². The van der Waals surface area contributed by atoms with Gasteiger partial charge in [-0.25, -0.2) is 45.8 Å². The van der Waals surface area contributed by atoms with Gasteiger partial charge in [0.25, 0.3) is 11.8 Å². The van der Waals surface area contributed by atoms with E-state index in [2.05, 4.69) is 162 Å². The number of amides is 2. The lowest BCUT2D eigenvalue weighted by Crippen LogP contribution is -2.43. The maximum Gasteiger partial charge on any atom is 0.256 e. The number of aromatic nitrogens is 8. The molecule has 6 heterocycles. The molecule has 2 aliphatic rings. The summed E-state index contributed by atoms with van der Waals surface area (Å²) in [6.07, 6.45) is 6.85. The molecule has 8 rings (SSSR count). The second kappa shape index (κ2) is 32.8. The molecule has 2 aliphatic heterocycles. The van der Waals surface area contributed by atoms with Gasteiger partial charge in [-0.1, -0.05) is 64.1 Å². The lowest BCUT2D eigenvalue weighted by Gasteiger charge is -2.45. The molecule has 0 aliphatic carbocycles. The summed E-state index contributed by atoms with van der Waals surface area (Å²) in [7, 11) is -1.89. The van der Waals surface area contributed by atoms with Crippen molar-refractivity contribution in [1.82, 2.24) is 53.0 Å². The first kappa shape index (κ1) is 69.1. The van der Waals surface area contributed by atoms with Gasteiger partial charge in [0.15, 0.2) is 54.9 Å². The molecule has 9 atom stereocenters. The maximum absolute atomic E-state index is 12.8. The number of hydrogen-bond donors (Lipinski definition) is 3. The normalized spacial score (nSPS) is 20.8. The van der Waals surface area contributed by atoms with Crippen molar-refractivity contribution < 1.29 is 33.2 Å². The quantitative estimate of drug-likeness (QED) is 0.0290. The lowest BCUT2D eigenvalue weighted by molar-refractivity contribution is -0.0355. The zero-order chi connectivity index (χ0) is 62.9. The molecule has 0 saturated carbocycles. The van der Waals surface area contributed by atoms with Crippen molar-refractivity contribution >= 4 is 62.5 Å². The molecular formula is C62H91N15O7P2. The summed E-state index contributed by atoms with van der Waals surface area (Å²) in [5.74, 6) is 0.249. The van der Waals surface area contributed by atoms with E-state index in [1.54, 1.807) is 53.6 Å². The van der Waals surface area contributed by atoms with Gasteiger partial charge in [-0.05, 0) is 120 Å². The molecule has 2 amide bonds. The molecule has 466 valence electrons. The molecule has 0 bridgehead atoms. The van der Waals surface area contributed by atoms with Crippen molar-refractivity contribution in [3.05, 3.63) is 109 Å². The topological polar surface area (TPSA) is 240 Å². The zero-order valence-corrected chi connectivity index (χ0v) is 54.8. The average Bonchev–Trinajstić information content (AvgIpc) is 1.74. The lowest BCUT2D eigenvalue weighted by atomic mass is 9.99. The number of aliphatic hydroxyl groups excluding tert-OH is 1. The van der Waals surface area contributed by atoms with E-state index >= 15 is 0 Å². The Morgan fingerprint density at radius 1 is 0.674 bits per heavy atom. The monoisotopic (exact) mass is 1220 g/mol. The largest absolute Gasteiger partial charge is 0.388 e. The van der Waals surface area contributed by atoms with Crippen LogP contribution >= 0.6 is 16.7 Å². The number of aliphatic hydroxyl groups is 1. The van der Waals surface area contributed by atoms with Crippen LogP contribution in [0.25, 0.3) is 27.2 Å². The van der Waals surface area contributed by atoms with Crippen LogP contribution in [-0.4, -0.2) is 150 Å². The van der Waals surface area contributed by atoms with Gasteiger partial charge in [0.2, 0.25) is 6.54 Å². The van der Waals surface area contributed by atoms with Gasteiger partial charge in [0.05, 0.1) is 50.1 Å². The number of ether oxygens (including phenoxy) is 2. The molecule has 4 aromatic heterocycles. The molecule has 0 spiro atoms. The Kier molecular flexibility index (Phi) is 26.4. The Balaban J connectivity index is 0.000000220. The number of nitrogens with one attached hydrogen (secondary N) is 2. The molecule has 1 unspecified atom stereocenters. The number of nitriles is 1. The van der Waals surface area contributed by atoms with E-state index in [-0.39, 0.29) is 54.0 Å². The molecule has 86 heavy (non-hydrogen) atoms. The van der Waals surface area contributed by atoms with E-state index in [4.69, 9.17) is 30.4 Å². The third-order valence-electron chi connectivity index (χ3n) is 14.9. The Bertz CT molecular complexity index is 3110. The molecule has 6 aromatic rings. The van der Waals surface area contributed by atoms with Gasteiger partial charge >= 0.3 is 0 Å². The number of benzene rings is 2. The summed E-state index contributed by atoms with van der Waals surface area (Å²) in [5.41, 5.74) is 3.05. The number of imidazole rings is 2. The fraction of sp³-hybridized carbons (Fsp3) is 0.581. The van der Waals surface area contributed by atoms with Gasteiger partial charge in [0.1, 0.15) is 33.2 Å². The van der Waals surface area contributed by atoms with Gasteiger partial charge in [-0.2, -0.15) is 5.26 Å². The standard InChI is InChI=1S/C28H38N7O3P.C19H21N5O3.C15H32N3OP/c1-8-22-20(6)24(38-39(15-14-29-7)35(18(2)3)19(4)5)28(37-22)34-17-32-23-25(30-16-31-26(23)34)33-27(36)21-12-10-9-11-13-21;1-3-13-11(2)15(25)19(27-13)24-10-22-14-16(20-9-21-17(14)24)23-18(26)12-7-5-4-6-8-12;1-12(2)17(13(3)4)20(19-11-9-10-16)18(14(5)6)15(7)8/h9-13,16-20,22,24,28H,8,14-15H2,1-6H3,(H,30,31,33,36);4-11,13,15,19,25H,3H2,1-2H3,(H,20,21,23,26);12-15H,9,11H2,1-8H3/t20-,22-,24-,28-,39?;11-,13-,15-,19-;/m11./s1. The minimum Gasteiger partial charge on any atom is -0.388 e. The molecule has 3 N–H and O–H groups in total. The van der Waals surface area contributed by atoms with Crippen LogP contribution < -0.4 is 10.6 Å². The van der Waals surface area contributed by atoms with Crippen LogP contribution in [0.15, 0.2) is 86.0 Å². The number of nitrogens with zero attached hydrogens (tertiary/aromatic N) is 13. The van der Waals surface area contributed by atoms with Crippen LogP contribution in [0.1, 0.15) is 163 Å². The highest BCUT2D eigenvalue weighted by Gasteiger charge is 2.47. The summed E-state index contributed by atoms with van der Waals surface area (Å²) in [6, 6.07) is 22.3. The van der Waals surface area contributed by atoms with E-state index in [0.717, 1.165) is 12.8 Å². The minimum absolute atomic E-state index is 0.000744. The van der Waals surface area contributed by atoms with Gasteiger partial charge in [-0.15, -0.1) is 0 Å². The Hall–Kier alpha value is -6.00. The number of rotatable bonds is 24. The van der Waals surface area contributed by atoms with Gasteiger partial charge < -0.3 is 39.1 Å². The summed E-state index contributed by atoms with van der Waals surface area (Å²) >= 11 is 0. The van der Waals surface area contributed by atoms with Gasteiger partial charge in [0, 0.05) is 59.2 Å². The van der Waals surface area contributed by atoms with E-state index in [0.29, 0.717) is 95.0 Å². The second-order valence-corrected chi connectivity index (χ2v) is 26.6. The summed E-state index contributed by atoms with van der Waals surface area (Å²) in [6.45, 7) is 42.9. The number of carbonyl (C=O) groups excluding carboxylic acids is 2. The van der Waals surface area contributed by atoms with E-state index in [1.165, 1.54) is 12.7 Å². The first-order chi connectivity index (χ1) is 41.1. The number of carbonyl (C=O) groups is 2. The van der Waals surface area contributed by atoms with Crippen LogP contribution in [0.5, 0.6) is 0 Å². The highest BCUT2D eigenvalue weighted by Crippen LogP contribution is 2.52. The van der Waals surface area contributed by atoms with E-state index in [1.807, 2.05) is 42.7 Å². The average molecular weight is 1220 g/mol. The van der Waals surface area contributed by atoms with Crippen molar-refractivity contribution in [2.45, 2.75) is 203 Å². The van der Waals surface area contributed by atoms with E-state index < -0.39 is 35.3 Å². The molecule has 2 saturated heterocycles. The van der Waals surface area contributed by atoms with Crippen LogP contribution in [-0.2, 0) is 18.5 Å². The maximum atomic E-state index is 12.8. The molecule has 24 heteroatoms. The third-order valence-corrected chi connectivity index (χ3v) is 20.5. The van der Waals surface area contributed by atoms with Crippen LogP contribution in [0.4, 0.5) is 11.6 Å². The minimum atomic E-state index is -1.04. The van der Waals surface area contributed by atoms with Gasteiger partial charge in [-0.3, -0.25) is 23.4 Å². The van der Waals surface area contributed by atoms with Crippen molar-refractivity contribution in [2.75, 3.05) is 29.9 Å². The Labute approximate surface area is 511 Å². The van der Waals surface area contributed by atoms with Crippen molar-refractivity contribution in [2.24, 2.45) is 11.8 Å². The highest BCUT2D eigenvalue weighted by molar-refractivity contribution is 7.50. The third kappa shape index (κ3) is 17.0.